The van der Waals surface area contributed by atoms with E-state index in [9.17, 15) is 4.79 Å². The Bertz CT molecular complexity index is 177. The summed E-state index contributed by atoms with van der Waals surface area (Å²) >= 11 is 0. The van der Waals surface area contributed by atoms with Crippen LogP contribution in [-0.4, -0.2) is 24.3 Å². The van der Waals surface area contributed by atoms with E-state index in [2.05, 4.69) is 0 Å². The van der Waals surface area contributed by atoms with Crippen LogP contribution >= 0.6 is 0 Å². The minimum absolute atomic E-state index is 0.0731. The molecule has 1 heterocycles. The molecule has 0 amide bonds. The van der Waals surface area contributed by atoms with Crippen LogP contribution in [0.2, 0.25) is 0 Å². The van der Waals surface area contributed by atoms with Crippen LogP contribution in [0.5, 0.6) is 0 Å². The topological polar surface area (TPSA) is 35.5 Å². The van der Waals surface area contributed by atoms with E-state index in [-0.39, 0.29) is 18.1 Å². The van der Waals surface area contributed by atoms with E-state index in [1.54, 1.807) is 0 Å². The van der Waals surface area contributed by atoms with Crippen LogP contribution < -0.4 is 0 Å². The zero-order valence-corrected chi connectivity index (χ0v) is 8.03. The minimum atomic E-state index is -0.627. The second-order valence-corrected chi connectivity index (χ2v) is 3.80. The number of hydrogen-bond donors (Lipinski definition) is 0. The second kappa shape index (κ2) is 3.15. The number of hydrogen-bond acceptors (Lipinski definition) is 3. The monoisotopic (exact) mass is 172 g/mol. The summed E-state index contributed by atoms with van der Waals surface area (Å²) in [7, 11) is 0. The standard InChI is InChI=1S/C9H16O3/c1-6-7(2)11-9(3,4)12-8(6)5-10/h5-8H,1-4H3/t6-,7-,8+/m0/s1. The molecule has 3 nitrogen and oxygen atoms in total. The molecule has 0 bridgehead atoms. The highest BCUT2D eigenvalue weighted by atomic mass is 16.7. The fraction of sp³-hybridized carbons (Fsp3) is 0.889. The predicted octanol–water partition coefficient (Wildman–Crippen LogP) is 1.36. The summed E-state index contributed by atoms with van der Waals surface area (Å²) < 4.78 is 11.0. The zero-order chi connectivity index (χ0) is 9.35. The Labute approximate surface area is 73.0 Å². The molecule has 12 heavy (non-hydrogen) atoms. The van der Waals surface area contributed by atoms with E-state index in [1.165, 1.54) is 0 Å². The average Bonchev–Trinajstić information content (AvgIpc) is 1.96. The van der Waals surface area contributed by atoms with E-state index < -0.39 is 5.79 Å². The van der Waals surface area contributed by atoms with Crippen molar-refractivity contribution < 1.29 is 14.3 Å². The van der Waals surface area contributed by atoms with Gasteiger partial charge in [-0.2, -0.15) is 0 Å². The van der Waals surface area contributed by atoms with Crippen LogP contribution in [-0.2, 0) is 14.3 Å². The first-order valence-electron chi connectivity index (χ1n) is 4.27. The summed E-state index contributed by atoms with van der Waals surface area (Å²) in [5.74, 6) is -0.493. The Morgan fingerprint density at radius 1 is 1.25 bits per heavy atom. The molecule has 0 aromatic rings. The minimum Gasteiger partial charge on any atom is -0.347 e. The molecule has 0 aromatic heterocycles. The van der Waals surface area contributed by atoms with E-state index in [4.69, 9.17) is 9.47 Å². The lowest BCUT2D eigenvalue weighted by atomic mass is 9.98. The van der Waals surface area contributed by atoms with Crippen LogP contribution in [0.3, 0.4) is 0 Å². The van der Waals surface area contributed by atoms with E-state index in [0.29, 0.717) is 0 Å². The zero-order valence-electron chi connectivity index (χ0n) is 8.03. The van der Waals surface area contributed by atoms with Gasteiger partial charge in [0, 0.05) is 5.92 Å². The number of ether oxygens (including phenoxy) is 2. The molecule has 0 radical (unpaired) electrons. The van der Waals surface area contributed by atoms with Crippen molar-refractivity contribution in [1.82, 2.24) is 0 Å². The molecule has 0 aliphatic carbocycles. The third kappa shape index (κ3) is 1.84. The first kappa shape index (κ1) is 9.68. The van der Waals surface area contributed by atoms with E-state index in [0.717, 1.165) is 6.29 Å². The molecule has 0 aromatic carbocycles. The summed E-state index contributed by atoms with van der Waals surface area (Å²) in [6.45, 7) is 7.57. The van der Waals surface area contributed by atoms with Crippen LogP contribution in [0.4, 0.5) is 0 Å². The molecule has 1 fully saturated rings. The highest BCUT2D eigenvalue weighted by Crippen LogP contribution is 2.29. The fourth-order valence-corrected chi connectivity index (χ4v) is 1.44. The van der Waals surface area contributed by atoms with Crippen LogP contribution in [0.15, 0.2) is 0 Å². The van der Waals surface area contributed by atoms with Gasteiger partial charge in [-0.1, -0.05) is 6.92 Å². The van der Waals surface area contributed by atoms with E-state index >= 15 is 0 Å². The molecule has 0 saturated carbocycles. The van der Waals surface area contributed by atoms with Crippen LogP contribution in [0.1, 0.15) is 27.7 Å². The number of aldehydes is 1. The predicted molar refractivity (Wildman–Crippen MR) is 44.7 cm³/mol. The molecule has 1 aliphatic rings. The van der Waals surface area contributed by atoms with E-state index in [1.807, 2.05) is 27.7 Å². The molecule has 1 rings (SSSR count). The van der Waals surface area contributed by atoms with Crippen LogP contribution in [0.25, 0.3) is 0 Å². The van der Waals surface area contributed by atoms with Crippen molar-refractivity contribution in [2.45, 2.75) is 45.7 Å². The molecule has 3 heteroatoms. The largest absolute Gasteiger partial charge is 0.347 e. The number of carbonyl (C=O) groups excluding carboxylic acids is 1. The maximum Gasteiger partial charge on any atom is 0.164 e. The molecule has 0 unspecified atom stereocenters. The van der Waals surface area contributed by atoms with Gasteiger partial charge in [-0.25, -0.2) is 0 Å². The Morgan fingerprint density at radius 3 is 2.33 bits per heavy atom. The van der Waals surface area contributed by atoms with Crippen molar-refractivity contribution in [2.24, 2.45) is 5.92 Å². The van der Waals surface area contributed by atoms with Gasteiger partial charge in [0.15, 0.2) is 5.79 Å². The molecule has 1 saturated heterocycles. The smallest absolute Gasteiger partial charge is 0.164 e. The van der Waals surface area contributed by atoms with Gasteiger partial charge in [0.1, 0.15) is 12.4 Å². The van der Waals surface area contributed by atoms with Crippen molar-refractivity contribution in [1.29, 1.82) is 0 Å². The molecule has 1 aliphatic heterocycles. The second-order valence-electron chi connectivity index (χ2n) is 3.80. The maximum absolute atomic E-state index is 10.6. The van der Waals surface area contributed by atoms with Gasteiger partial charge in [0.2, 0.25) is 0 Å². The molecular weight excluding hydrogens is 156 g/mol. The van der Waals surface area contributed by atoms with Gasteiger partial charge < -0.3 is 14.3 Å². The van der Waals surface area contributed by atoms with Crippen molar-refractivity contribution in [3.63, 3.8) is 0 Å². The van der Waals surface area contributed by atoms with Crippen LogP contribution in [0, 0.1) is 5.92 Å². The Hall–Kier alpha value is -0.410. The summed E-state index contributed by atoms with van der Waals surface area (Å²) in [6.07, 6.45) is 0.596. The number of carbonyl (C=O) groups is 1. The highest BCUT2D eigenvalue weighted by Gasteiger charge is 2.38. The van der Waals surface area contributed by atoms with Crippen molar-refractivity contribution in [3.8, 4) is 0 Å². The van der Waals surface area contributed by atoms with Crippen molar-refractivity contribution in [2.75, 3.05) is 0 Å². The molecule has 0 spiro atoms. The van der Waals surface area contributed by atoms with Crippen molar-refractivity contribution >= 4 is 6.29 Å². The third-order valence-electron chi connectivity index (χ3n) is 2.28. The van der Waals surface area contributed by atoms with Gasteiger partial charge in [0.05, 0.1) is 6.10 Å². The molecule has 0 N–H and O–H groups in total. The summed E-state index contributed by atoms with van der Waals surface area (Å²) in [5.41, 5.74) is 0. The average molecular weight is 172 g/mol. The first-order chi connectivity index (χ1) is 5.46. The van der Waals surface area contributed by atoms with Crippen molar-refractivity contribution in [3.05, 3.63) is 0 Å². The molecule has 70 valence electrons. The molecule has 3 atom stereocenters. The van der Waals surface area contributed by atoms with Gasteiger partial charge in [-0.05, 0) is 20.8 Å². The molecular formula is C9H16O3. The maximum atomic E-state index is 10.6. The Kier molecular flexibility index (Phi) is 2.54. The van der Waals surface area contributed by atoms with Gasteiger partial charge >= 0.3 is 0 Å². The first-order valence-corrected chi connectivity index (χ1v) is 4.27. The quantitative estimate of drug-likeness (QED) is 0.560. The third-order valence-corrected chi connectivity index (χ3v) is 2.28. The Balaban J connectivity index is 2.71. The van der Waals surface area contributed by atoms with Gasteiger partial charge in [0.25, 0.3) is 0 Å². The van der Waals surface area contributed by atoms with Gasteiger partial charge in [-0.15, -0.1) is 0 Å². The lowest BCUT2D eigenvalue weighted by Crippen LogP contribution is -2.49. The summed E-state index contributed by atoms with van der Waals surface area (Å²) in [5, 5.41) is 0. The highest BCUT2D eigenvalue weighted by molar-refractivity contribution is 5.56. The lowest BCUT2D eigenvalue weighted by Gasteiger charge is -2.41. The summed E-state index contributed by atoms with van der Waals surface area (Å²) in [4.78, 5) is 10.6. The Morgan fingerprint density at radius 2 is 1.83 bits per heavy atom. The van der Waals surface area contributed by atoms with Gasteiger partial charge in [-0.3, -0.25) is 0 Å². The number of rotatable bonds is 1. The lowest BCUT2D eigenvalue weighted by molar-refractivity contribution is -0.305. The fourth-order valence-electron chi connectivity index (χ4n) is 1.44. The normalized spacial score (nSPS) is 40.8. The summed E-state index contributed by atoms with van der Waals surface area (Å²) in [6, 6.07) is 0. The SMILES string of the molecule is C[C@H]1[C@H](C)OC(C)(C)O[C@@H]1C=O.